The van der Waals surface area contributed by atoms with E-state index in [9.17, 15) is 4.79 Å². The van der Waals surface area contributed by atoms with Crippen LogP contribution in [-0.4, -0.2) is 59.0 Å². The molecule has 0 aromatic rings. The lowest BCUT2D eigenvalue weighted by atomic mass is 10.1. The predicted molar refractivity (Wildman–Crippen MR) is 197 cm³/mol. The van der Waals surface area contributed by atoms with Gasteiger partial charge in [0.05, 0.1) is 13.2 Å². The first-order valence-electron chi connectivity index (χ1n) is 19.6. The van der Waals surface area contributed by atoms with Crippen molar-refractivity contribution in [1.29, 1.82) is 0 Å². The number of carboxylic acid groups (broad SMARTS) is 1. The van der Waals surface area contributed by atoms with Gasteiger partial charge in [0.2, 0.25) is 0 Å². The summed E-state index contributed by atoms with van der Waals surface area (Å²) in [5.41, 5.74) is 0. The van der Waals surface area contributed by atoms with Crippen molar-refractivity contribution in [3.63, 3.8) is 0 Å². The molecule has 0 aromatic heterocycles. The SMILES string of the molecule is CCCCCCCC/C=C\CCCCCCCC(=O)O.CCCCCCCC/C=C\CCCCCCCCN(CCO)CCO. The summed E-state index contributed by atoms with van der Waals surface area (Å²) in [5.74, 6) is -0.664. The number of allylic oxidation sites excluding steroid dienone is 4. The van der Waals surface area contributed by atoms with Crippen molar-refractivity contribution in [2.45, 2.75) is 194 Å². The highest BCUT2D eigenvalue weighted by molar-refractivity contribution is 5.66. The van der Waals surface area contributed by atoms with E-state index in [4.69, 9.17) is 15.3 Å². The Morgan fingerprint density at radius 1 is 0.444 bits per heavy atom. The Morgan fingerprint density at radius 3 is 1.09 bits per heavy atom. The van der Waals surface area contributed by atoms with Crippen molar-refractivity contribution in [1.82, 2.24) is 4.90 Å². The van der Waals surface area contributed by atoms with Crippen molar-refractivity contribution >= 4 is 5.97 Å². The minimum atomic E-state index is -0.664. The third-order valence-electron chi connectivity index (χ3n) is 8.47. The van der Waals surface area contributed by atoms with Gasteiger partial charge in [-0.2, -0.15) is 0 Å². The van der Waals surface area contributed by atoms with Crippen LogP contribution in [0.15, 0.2) is 24.3 Å². The van der Waals surface area contributed by atoms with Crippen LogP contribution in [0.2, 0.25) is 0 Å². The molecule has 0 atom stereocenters. The van der Waals surface area contributed by atoms with Crippen LogP contribution >= 0.6 is 0 Å². The van der Waals surface area contributed by atoms with Gasteiger partial charge in [-0.05, 0) is 70.8 Å². The smallest absolute Gasteiger partial charge is 0.303 e. The molecule has 0 saturated carbocycles. The molecule has 268 valence electrons. The zero-order valence-corrected chi connectivity index (χ0v) is 30.3. The van der Waals surface area contributed by atoms with Crippen molar-refractivity contribution in [2.75, 3.05) is 32.8 Å². The standard InChI is InChI=1S/C22H45NO2.C18H34O2/c1-2-3-4-5-6-7-8-9-10-11-12-13-14-15-16-17-18-23(19-21-24)20-22-25;1-2-3-4-5-6-7-8-9-10-11-12-13-14-15-16-17-18(19)20/h9-10,24-25H,2-8,11-22H2,1H3;9-10H,2-8,11-17H2,1H3,(H,19,20)/b2*10-9-. The molecule has 5 heteroatoms. The summed E-state index contributed by atoms with van der Waals surface area (Å²) in [6.45, 7) is 7.28. The molecule has 0 aliphatic heterocycles. The molecule has 0 radical (unpaired) electrons. The van der Waals surface area contributed by atoms with Crippen molar-refractivity contribution in [2.24, 2.45) is 0 Å². The Balaban J connectivity index is 0. The maximum Gasteiger partial charge on any atom is 0.303 e. The average molecular weight is 638 g/mol. The molecule has 3 N–H and O–H groups in total. The number of aliphatic carboxylic acids is 1. The molecule has 0 saturated heterocycles. The first-order chi connectivity index (χ1) is 22.1. The Kier molecular flexibility index (Phi) is 43.7. The van der Waals surface area contributed by atoms with Crippen LogP contribution < -0.4 is 0 Å². The zero-order valence-electron chi connectivity index (χ0n) is 30.3. The van der Waals surface area contributed by atoms with Gasteiger partial charge in [-0.15, -0.1) is 0 Å². The molecule has 0 unspecified atom stereocenters. The summed E-state index contributed by atoms with van der Waals surface area (Å²) in [4.78, 5) is 12.5. The normalized spacial score (nSPS) is 11.6. The van der Waals surface area contributed by atoms with Crippen LogP contribution in [0.4, 0.5) is 0 Å². The molecular weight excluding hydrogens is 558 g/mol. The van der Waals surface area contributed by atoms with E-state index in [-0.39, 0.29) is 13.2 Å². The van der Waals surface area contributed by atoms with Crippen molar-refractivity contribution in [3.8, 4) is 0 Å². The first-order valence-corrected chi connectivity index (χ1v) is 19.6. The van der Waals surface area contributed by atoms with Gasteiger partial charge in [-0.3, -0.25) is 9.69 Å². The minimum Gasteiger partial charge on any atom is -0.481 e. The number of aliphatic hydroxyl groups excluding tert-OH is 2. The van der Waals surface area contributed by atoms with Gasteiger partial charge >= 0.3 is 5.97 Å². The number of carboxylic acids is 1. The fourth-order valence-corrected chi connectivity index (χ4v) is 5.55. The fourth-order valence-electron chi connectivity index (χ4n) is 5.55. The summed E-state index contributed by atoms with van der Waals surface area (Å²) in [7, 11) is 0. The van der Waals surface area contributed by atoms with Gasteiger partial charge in [0.15, 0.2) is 0 Å². The van der Waals surface area contributed by atoms with Crippen molar-refractivity contribution < 1.29 is 20.1 Å². The van der Waals surface area contributed by atoms with E-state index in [1.54, 1.807) is 0 Å². The van der Waals surface area contributed by atoms with E-state index in [2.05, 4.69) is 43.1 Å². The van der Waals surface area contributed by atoms with Gasteiger partial charge in [0, 0.05) is 19.5 Å². The monoisotopic (exact) mass is 638 g/mol. The van der Waals surface area contributed by atoms with Crippen LogP contribution in [0.25, 0.3) is 0 Å². The lowest BCUT2D eigenvalue weighted by molar-refractivity contribution is -0.137. The minimum absolute atomic E-state index is 0.187. The Labute approximate surface area is 281 Å². The molecule has 5 nitrogen and oxygen atoms in total. The van der Waals surface area contributed by atoms with Crippen LogP contribution in [0.3, 0.4) is 0 Å². The van der Waals surface area contributed by atoms with E-state index in [1.807, 2.05) is 0 Å². The maximum atomic E-state index is 10.3. The van der Waals surface area contributed by atoms with Gasteiger partial charge in [-0.1, -0.05) is 147 Å². The van der Waals surface area contributed by atoms with Crippen LogP contribution in [0.1, 0.15) is 194 Å². The molecular formula is C40H79NO4. The predicted octanol–water partition coefficient (Wildman–Crippen LogP) is 11.4. The Morgan fingerprint density at radius 2 is 0.756 bits per heavy atom. The zero-order chi connectivity index (χ0) is 33.3. The number of unbranched alkanes of at least 4 members (excludes halogenated alkanes) is 23. The van der Waals surface area contributed by atoms with Crippen LogP contribution in [-0.2, 0) is 4.79 Å². The van der Waals surface area contributed by atoms with Gasteiger partial charge in [0.25, 0.3) is 0 Å². The quantitative estimate of drug-likeness (QED) is 0.0476. The van der Waals surface area contributed by atoms with E-state index in [0.29, 0.717) is 19.5 Å². The third-order valence-corrected chi connectivity index (χ3v) is 8.47. The van der Waals surface area contributed by atoms with Gasteiger partial charge < -0.3 is 15.3 Å². The molecule has 0 rings (SSSR count). The number of carbonyl (C=O) groups is 1. The number of hydrogen-bond donors (Lipinski definition) is 3. The molecule has 0 aromatic carbocycles. The highest BCUT2D eigenvalue weighted by atomic mass is 16.4. The third kappa shape index (κ3) is 45.0. The molecule has 0 heterocycles. The van der Waals surface area contributed by atoms with Gasteiger partial charge in [0.1, 0.15) is 0 Å². The molecule has 0 aliphatic rings. The molecule has 0 amide bonds. The number of hydrogen-bond acceptors (Lipinski definition) is 4. The Hall–Kier alpha value is -1.17. The molecule has 45 heavy (non-hydrogen) atoms. The molecule has 0 fully saturated rings. The topological polar surface area (TPSA) is 81.0 Å². The van der Waals surface area contributed by atoms with E-state index >= 15 is 0 Å². The van der Waals surface area contributed by atoms with E-state index < -0.39 is 5.97 Å². The van der Waals surface area contributed by atoms with Crippen molar-refractivity contribution in [3.05, 3.63) is 24.3 Å². The average Bonchev–Trinajstić information content (AvgIpc) is 3.03. The number of rotatable bonds is 35. The lowest BCUT2D eigenvalue weighted by Crippen LogP contribution is -2.30. The molecule has 0 aliphatic carbocycles. The molecule has 0 spiro atoms. The highest BCUT2D eigenvalue weighted by Gasteiger charge is 2.02. The largest absolute Gasteiger partial charge is 0.481 e. The maximum absolute atomic E-state index is 10.3. The second-order valence-electron chi connectivity index (χ2n) is 13.0. The molecule has 0 bridgehead atoms. The summed E-state index contributed by atoms with van der Waals surface area (Å²) in [6.07, 6.45) is 44.6. The van der Waals surface area contributed by atoms with E-state index in [0.717, 1.165) is 19.4 Å². The second-order valence-corrected chi connectivity index (χ2v) is 13.0. The van der Waals surface area contributed by atoms with Crippen LogP contribution in [0, 0.1) is 0 Å². The van der Waals surface area contributed by atoms with Gasteiger partial charge in [-0.25, -0.2) is 0 Å². The summed E-state index contributed by atoms with van der Waals surface area (Å²) in [5, 5.41) is 26.4. The summed E-state index contributed by atoms with van der Waals surface area (Å²) >= 11 is 0. The second kappa shape index (κ2) is 42.8. The first kappa shape index (κ1) is 46.0. The number of aliphatic hydroxyl groups is 2. The van der Waals surface area contributed by atoms with E-state index in [1.165, 1.54) is 161 Å². The Bertz CT molecular complexity index is 601. The number of nitrogens with zero attached hydrogens (tertiary/aromatic N) is 1. The van der Waals surface area contributed by atoms with Crippen LogP contribution in [0.5, 0.6) is 0 Å². The summed E-state index contributed by atoms with van der Waals surface area (Å²) in [6, 6.07) is 0. The lowest BCUT2D eigenvalue weighted by Gasteiger charge is -2.19. The summed E-state index contributed by atoms with van der Waals surface area (Å²) < 4.78 is 0. The fraction of sp³-hybridized carbons (Fsp3) is 0.875. The highest BCUT2D eigenvalue weighted by Crippen LogP contribution is 2.11.